The number of nitrogens with one attached hydrogen (secondary N) is 1. The Morgan fingerprint density at radius 1 is 1.40 bits per heavy atom. The smallest absolute Gasteiger partial charge is 0.306 e. The lowest BCUT2D eigenvalue weighted by Crippen LogP contribution is -2.31. The van der Waals surface area contributed by atoms with Crippen LogP contribution in [0, 0.1) is 5.92 Å². The lowest BCUT2D eigenvalue weighted by atomic mass is 10.0. The average molecular weight is 355 g/mol. The quantitative estimate of drug-likeness (QED) is 0.186. The number of Topliss-reactive ketones (excluding diaryl/α,β-unsaturated/α-hetero) is 1. The fourth-order valence-corrected chi connectivity index (χ4v) is 2.64. The van der Waals surface area contributed by atoms with Crippen molar-refractivity contribution in [2.24, 2.45) is 22.4 Å². The Labute approximate surface area is 145 Å². The van der Waals surface area contributed by atoms with Crippen molar-refractivity contribution in [1.82, 2.24) is 10.4 Å². The Hall–Kier alpha value is -2.46. The fraction of sp³-hybridized carbons (Fsp3) is 0.600. The first-order chi connectivity index (χ1) is 11.6. The number of amides is 1. The molecule has 0 heterocycles. The number of allylic oxidation sites excluding steroid dienone is 1. The number of hydrogen-bond acceptors (Lipinski definition) is 6. The van der Waals surface area contributed by atoms with Crippen molar-refractivity contribution in [2.45, 2.75) is 32.2 Å². The van der Waals surface area contributed by atoms with Crippen LogP contribution in [0.3, 0.4) is 0 Å². The molecule has 1 aliphatic rings. The van der Waals surface area contributed by atoms with Gasteiger partial charge in [-0.15, -0.1) is 0 Å². The maximum absolute atomic E-state index is 12.6. The molecule has 1 rings (SSSR count). The van der Waals surface area contributed by atoms with Gasteiger partial charge in [0.05, 0.1) is 24.8 Å². The van der Waals surface area contributed by atoms with Gasteiger partial charge in [-0.25, -0.2) is 4.99 Å². The zero-order chi connectivity index (χ0) is 19.1. The maximum Gasteiger partial charge on any atom is 0.306 e. The maximum atomic E-state index is 12.6. The van der Waals surface area contributed by atoms with E-state index in [9.17, 15) is 19.5 Å². The Bertz CT molecular complexity index is 597. The van der Waals surface area contributed by atoms with Crippen molar-refractivity contribution in [2.75, 3.05) is 20.7 Å². The van der Waals surface area contributed by atoms with Crippen molar-refractivity contribution in [3.63, 3.8) is 0 Å². The molecule has 1 amide bonds. The highest BCUT2D eigenvalue weighted by molar-refractivity contribution is 5.99. The summed E-state index contributed by atoms with van der Waals surface area (Å²) in [6.07, 6.45) is 0.338. The number of guanidine groups is 1. The molecule has 0 aliphatic heterocycles. The molecule has 0 aromatic rings. The third kappa shape index (κ3) is 6.16. The molecule has 1 saturated carbocycles. The third-order valence-electron chi connectivity index (χ3n) is 3.90. The minimum atomic E-state index is -1.00. The van der Waals surface area contributed by atoms with E-state index in [2.05, 4.69) is 10.3 Å². The molecule has 1 fully saturated rings. The summed E-state index contributed by atoms with van der Waals surface area (Å²) in [6.45, 7) is 1.58. The van der Waals surface area contributed by atoms with E-state index in [0.717, 1.165) is 0 Å². The van der Waals surface area contributed by atoms with Crippen LogP contribution in [0.2, 0.25) is 0 Å². The first kappa shape index (κ1) is 20.6. The number of ketones is 1. The second kappa shape index (κ2) is 9.14. The van der Waals surface area contributed by atoms with Crippen LogP contribution in [0.5, 0.6) is 0 Å². The van der Waals surface area contributed by atoms with Crippen molar-refractivity contribution >= 4 is 23.6 Å². The van der Waals surface area contributed by atoms with Crippen molar-refractivity contribution in [1.29, 1.82) is 0 Å². The van der Waals surface area contributed by atoms with Crippen molar-refractivity contribution < 1.29 is 24.3 Å². The highest BCUT2D eigenvalue weighted by Gasteiger charge is 2.37. The standard InChI is InChI=1S/C15H25N5O5/c1-8(21)18-13(12(22)4-5-20(2)25-3)10-6-9(14(23)24)7-11(10)19-15(16)17/h9,11H,4-7H2,1-3H3,(H,18,21)(H,23,24)(H4,16,17,19)/b13-10-/t9?,11-/m0/s1. The van der Waals surface area contributed by atoms with Crippen molar-refractivity contribution in [3.05, 3.63) is 11.3 Å². The van der Waals surface area contributed by atoms with Crippen molar-refractivity contribution in [3.8, 4) is 0 Å². The van der Waals surface area contributed by atoms with Gasteiger partial charge >= 0.3 is 5.97 Å². The molecule has 10 nitrogen and oxygen atoms in total. The number of carboxylic acids is 1. The van der Waals surface area contributed by atoms with E-state index >= 15 is 0 Å². The highest BCUT2D eigenvalue weighted by Crippen LogP contribution is 2.35. The van der Waals surface area contributed by atoms with Crippen LogP contribution in [0.25, 0.3) is 0 Å². The Morgan fingerprint density at radius 3 is 2.52 bits per heavy atom. The van der Waals surface area contributed by atoms with Crippen LogP contribution >= 0.6 is 0 Å². The van der Waals surface area contributed by atoms with Gasteiger partial charge in [-0.05, 0) is 18.4 Å². The van der Waals surface area contributed by atoms with Gasteiger partial charge in [0.25, 0.3) is 0 Å². The van der Waals surface area contributed by atoms with Crippen LogP contribution in [0.15, 0.2) is 16.3 Å². The number of carbonyl (C=O) groups excluding carboxylic acids is 2. The lowest BCUT2D eigenvalue weighted by molar-refractivity contribution is -0.141. The van der Waals surface area contributed by atoms with E-state index < -0.39 is 23.8 Å². The van der Waals surface area contributed by atoms with Gasteiger partial charge in [-0.2, -0.15) is 5.06 Å². The second-order valence-electron chi connectivity index (χ2n) is 5.83. The summed E-state index contributed by atoms with van der Waals surface area (Å²) in [5.74, 6) is -2.70. The molecule has 6 N–H and O–H groups in total. The number of hydrogen-bond donors (Lipinski definition) is 4. The van der Waals surface area contributed by atoms with Gasteiger partial charge in [-0.1, -0.05) is 0 Å². The minimum absolute atomic E-state index is 0.0655. The summed E-state index contributed by atoms with van der Waals surface area (Å²) in [6, 6.07) is -0.656. The fourth-order valence-electron chi connectivity index (χ4n) is 2.64. The normalized spacial score (nSPS) is 21.8. The number of hydroxylamine groups is 2. The van der Waals surface area contributed by atoms with Gasteiger partial charge in [-0.3, -0.25) is 14.4 Å². The van der Waals surface area contributed by atoms with Crippen LogP contribution in [0.1, 0.15) is 26.2 Å². The summed E-state index contributed by atoms with van der Waals surface area (Å²) in [5, 5.41) is 13.2. The molecule has 0 radical (unpaired) electrons. The summed E-state index contributed by atoms with van der Waals surface area (Å²) < 4.78 is 0. The Kier molecular flexibility index (Phi) is 7.52. The van der Waals surface area contributed by atoms with E-state index in [1.165, 1.54) is 19.1 Å². The zero-order valence-electron chi connectivity index (χ0n) is 14.6. The number of nitrogens with two attached hydrogens (primary N) is 2. The van der Waals surface area contributed by atoms with E-state index in [1.807, 2.05) is 0 Å². The predicted molar refractivity (Wildman–Crippen MR) is 90.1 cm³/mol. The number of nitrogens with zero attached hydrogens (tertiary/aromatic N) is 2. The van der Waals surface area contributed by atoms with Gasteiger partial charge in [0, 0.05) is 26.9 Å². The van der Waals surface area contributed by atoms with Gasteiger partial charge in [0.15, 0.2) is 11.7 Å². The van der Waals surface area contributed by atoms with Gasteiger partial charge in [0.2, 0.25) is 5.91 Å². The second-order valence-corrected chi connectivity index (χ2v) is 5.83. The van der Waals surface area contributed by atoms with E-state index in [0.29, 0.717) is 12.1 Å². The summed E-state index contributed by atoms with van der Waals surface area (Å²) in [4.78, 5) is 44.4. The molecule has 0 bridgehead atoms. The van der Waals surface area contributed by atoms with E-state index in [1.54, 1.807) is 7.05 Å². The van der Waals surface area contributed by atoms with Crippen LogP contribution < -0.4 is 16.8 Å². The molecule has 10 heteroatoms. The van der Waals surface area contributed by atoms with Gasteiger partial charge in [0.1, 0.15) is 0 Å². The summed E-state index contributed by atoms with van der Waals surface area (Å²) in [7, 11) is 3.14. The number of carboxylic acid groups (broad SMARTS) is 1. The molecule has 0 saturated heterocycles. The average Bonchev–Trinajstić information content (AvgIpc) is 2.92. The summed E-state index contributed by atoms with van der Waals surface area (Å²) >= 11 is 0. The zero-order valence-corrected chi connectivity index (χ0v) is 14.6. The number of carbonyl (C=O) groups is 3. The number of rotatable bonds is 8. The Balaban J connectivity index is 3.20. The molecule has 1 aliphatic carbocycles. The molecule has 1 unspecified atom stereocenters. The largest absolute Gasteiger partial charge is 0.481 e. The summed E-state index contributed by atoms with van der Waals surface area (Å²) in [5.41, 5.74) is 11.3. The first-order valence-electron chi connectivity index (χ1n) is 7.76. The molecule has 140 valence electrons. The Morgan fingerprint density at radius 2 is 2.04 bits per heavy atom. The topological polar surface area (TPSA) is 160 Å². The molecule has 0 spiro atoms. The first-order valence-corrected chi connectivity index (χ1v) is 7.76. The number of aliphatic imine (C=N–C) groups is 1. The van der Waals surface area contributed by atoms with E-state index in [-0.39, 0.29) is 36.7 Å². The molecular weight excluding hydrogens is 330 g/mol. The van der Waals surface area contributed by atoms with Crippen LogP contribution in [-0.4, -0.2) is 60.5 Å². The number of aliphatic carboxylic acids is 1. The minimum Gasteiger partial charge on any atom is -0.481 e. The van der Waals surface area contributed by atoms with Crippen LogP contribution in [-0.2, 0) is 19.2 Å². The third-order valence-corrected chi connectivity index (χ3v) is 3.90. The molecule has 2 atom stereocenters. The van der Waals surface area contributed by atoms with Gasteiger partial charge < -0.3 is 26.7 Å². The predicted octanol–water partition coefficient (Wildman–Crippen LogP) is -1.03. The monoisotopic (exact) mass is 355 g/mol. The molecular formula is C15H25N5O5. The molecule has 0 aromatic carbocycles. The molecule has 25 heavy (non-hydrogen) atoms. The SMILES string of the molecule is CON(C)CCC(=O)/C(NC(C)=O)=C1\CC(C(=O)O)C[C@@H]1N=C(N)N. The highest BCUT2D eigenvalue weighted by atomic mass is 16.7. The van der Waals surface area contributed by atoms with E-state index in [4.69, 9.17) is 16.3 Å². The lowest BCUT2D eigenvalue weighted by Gasteiger charge is -2.17. The molecule has 0 aromatic heterocycles. The van der Waals surface area contributed by atoms with Crippen LogP contribution in [0.4, 0.5) is 0 Å².